The van der Waals surface area contributed by atoms with Gasteiger partial charge in [-0.1, -0.05) is 25.4 Å². The minimum Gasteiger partial charge on any atom is -0.383 e. The molecule has 0 aliphatic rings. The lowest BCUT2D eigenvalue weighted by Gasteiger charge is -2.21. The number of carbonyl (C=O) groups is 1. The molecule has 0 unspecified atom stereocenters. The molecule has 37 heavy (non-hydrogen) atoms. The van der Waals surface area contributed by atoms with Crippen molar-refractivity contribution >= 4 is 34.4 Å². The van der Waals surface area contributed by atoms with Crippen LogP contribution in [-0.2, 0) is 17.8 Å². The zero-order valence-electron chi connectivity index (χ0n) is 21.0. The van der Waals surface area contributed by atoms with Gasteiger partial charge in [0.2, 0.25) is 0 Å². The van der Waals surface area contributed by atoms with E-state index in [1.54, 1.807) is 42.1 Å². The van der Waals surface area contributed by atoms with Gasteiger partial charge in [0.1, 0.15) is 16.5 Å². The maximum absolute atomic E-state index is 13.2. The predicted octanol–water partition coefficient (Wildman–Crippen LogP) is 3.71. The summed E-state index contributed by atoms with van der Waals surface area (Å²) in [6.07, 6.45) is 4.48. The molecule has 0 radical (unpaired) electrons. The molecule has 0 saturated carbocycles. The fraction of sp³-hybridized carbons (Fsp3) is 0.346. The van der Waals surface area contributed by atoms with Gasteiger partial charge in [0.05, 0.1) is 24.2 Å². The van der Waals surface area contributed by atoms with Gasteiger partial charge in [0.25, 0.3) is 11.5 Å². The maximum atomic E-state index is 13.2. The summed E-state index contributed by atoms with van der Waals surface area (Å²) in [5, 5.41) is 0.298. The predicted molar refractivity (Wildman–Crippen MR) is 143 cm³/mol. The third kappa shape index (κ3) is 5.35. The molecule has 0 atom stereocenters. The quantitative estimate of drug-likeness (QED) is 0.316. The SMILES string of the molecule is CCCn1c(=O)c2[nH]c(-c3ccc(N(CCOC)C(=O)c4ccc(Cl)nc4)nc3)cc2n(CCC)c1=O. The number of methoxy groups -OCH3 is 1. The Hall–Kier alpha value is -3.76. The van der Waals surface area contributed by atoms with E-state index in [0.29, 0.717) is 64.9 Å². The number of pyridine rings is 2. The van der Waals surface area contributed by atoms with Crippen molar-refractivity contribution in [1.82, 2.24) is 24.1 Å². The summed E-state index contributed by atoms with van der Waals surface area (Å²) >= 11 is 5.86. The van der Waals surface area contributed by atoms with Crippen molar-refractivity contribution in [2.24, 2.45) is 0 Å². The summed E-state index contributed by atoms with van der Waals surface area (Å²) in [5.74, 6) is 0.150. The molecule has 0 aliphatic heterocycles. The lowest BCUT2D eigenvalue weighted by Crippen LogP contribution is -2.39. The van der Waals surface area contributed by atoms with Gasteiger partial charge in [-0.15, -0.1) is 0 Å². The van der Waals surface area contributed by atoms with Crippen molar-refractivity contribution < 1.29 is 9.53 Å². The molecule has 11 heteroatoms. The van der Waals surface area contributed by atoms with Crippen LogP contribution in [0.2, 0.25) is 5.15 Å². The van der Waals surface area contributed by atoms with E-state index in [0.717, 1.165) is 6.42 Å². The number of aromatic amines is 1. The number of carbonyl (C=O) groups excluding carboxylic acids is 1. The molecule has 4 rings (SSSR count). The minimum atomic E-state index is -0.335. The van der Waals surface area contributed by atoms with E-state index in [1.165, 1.54) is 15.7 Å². The number of H-pyrrole nitrogens is 1. The van der Waals surface area contributed by atoms with Crippen molar-refractivity contribution in [1.29, 1.82) is 0 Å². The van der Waals surface area contributed by atoms with Gasteiger partial charge in [-0.2, -0.15) is 0 Å². The fourth-order valence-electron chi connectivity index (χ4n) is 4.17. The van der Waals surface area contributed by atoms with Crippen LogP contribution >= 0.6 is 11.6 Å². The van der Waals surface area contributed by atoms with E-state index in [2.05, 4.69) is 15.0 Å². The van der Waals surface area contributed by atoms with Crippen LogP contribution in [0.15, 0.2) is 52.3 Å². The third-order valence-electron chi connectivity index (χ3n) is 5.98. The van der Waals surface area contributed by atoms with Crippen LogP contribution in [0.1, 0.15) is 37.0 Å². The Morgan fingerprint density at radius 2 is 1.81 bits per heavy atom. The van der Waals surface area contributed by atoms with Gasteiger partial charge < -0.3 is 9.72 Å². The van der Waals surface area contributed by atoms with Gasteiger partial charge in [-0.05, 0) is 43.2 Å². The van der Waals surface area contributed by atoms with Crippen LogP contribution in [0, 0.1) is 0 Å². The number of nitrogens with zero attached hydrogens (tertiary/aromatic N) is 5. The first-order valence-electron chi connectivity index (χ1n) is 12.1. The van der Waals surface area contributed by atoms with E-state index in [9.17, 15) is 14.4 Å². The molecule has 0 saturated heterocycles. The number of fused-ring (bicyclic) bond motifs is 1. The molecule has 1 N–H and O–H groups in total. The molecule has 0 aromatic carbocycles. The molecule has 1 amide bonds. The second kappa shape index (κ2) is 11.5. The van der Waals surface area contributed by atoms with Crippen molar-refractivity contribution in [3.63, 3.8) is 0 Å². The average Bonchev–Trinajstić information content (AvgIpc) is 3.35. The van der Waals surface area contributed by atoms with Gasteiger partial charge in [0.15, 0.2) is 0 Å². The lowest BCUT2D eigenvalue weighted by atomic mass is 10.2. The largest absolute Gasteiger partial charge is 0.383 e. The summed E-state index contributed by atoms with van der Waals surface area (Å²) in [7, 11) is 1.56. The van der Waals surface area contributed by atoms with E-state index in [-0.39, 0.29) is 23.7 Å². The first-order chi connectivity index (χ1) is 17.9. The number of anilines is 1. The molecule has 0 fully saturated rings. The van der Waals surface area contributed by atoms with Crippen molar-refractivity contribution in [2.75, 3.05) is 25.2 Å². The monoisotopic (exact) mass is 524 g/mol. The zero-order chi connectivity index (χ0) is 26.5. The minimum absolute atomic E-state index is 0.285. The van der Waals surface area contributed by atoms with Gasteiger partial charge in [0, 0.05) is 43.9 Å². The van der Waals surface area contributed by atoms with Crippen LogP contribution in [0.25, 0.3) is 22.3 Å². The zero-order valence-corrected chi connectivity index (χ0v) is 21.8. The summed E-state index contributed by atoms with van der Waals surface area (Å²) in [6, 6.07) is 8.51. The Labute approximate surface area is 218 Å². The van der Waals surface area contributed by atoms with Crippen molar-refractivity contribution in [2.45, 2.75) is 39.8 Å². The number of rotatable bonds is 10. The van der Waals surface area contributed by atoms with Crippen LogP contribution < -0.4 is 16.1 Å². The second-order valence-electron chi connectivity index (χ2n) is 8.56. The molecule has 4 heterocycles. The molecule has 10 nitrogen and oxygen atoms in total. The Balaban J connectivity index is 1.72. The number of aromatic nitrogens is 5. The highest BCUT2D eigenvalue weighted by Gasteiger charge is 2.20. The van der Waals surface area contributed by atoms with Crippen LogP contribution in [0.3, 0.4) is 0 Å². The van der Waals surface area contributed by atoms with E-state index in [1.807, 2.05) is 19.9 Å². The second-order valence-corrected chi connectivity index (χ2v) is 8.95. The van der Waals surface area contributed by atoms with Crippen molar-refractivity contribution in [3.05, 3.63) is 74.3 Å². The average molecular weight is 525 g/mol. The highest BCUT2D eigenvalue weighted by molar-refractivity contribution is 6.29. The number of ether oxygens (including phenoxy) is 1. The normalized spacial score (nSPS) is 11.2. The number of nitrogens with one attached hydrogen (secondary N) is 1. The summed E-state index contributed by atoms with van der Waals surface area (Å²) in [5.41, 5.74) is 2.05. The lowest BCUT2D eigenvalue weighted by molar-refractivity contribution is 0.0974. The molecule has 4 aromatic heterocycles. The smallest absolute Gasteiger partial charge is 0.331 e. The molecule has 0 spiro atoms. The standard InChI is InChI=1S/C26H29ClN6O4/c1-4-10-31-20-14-19(30-23(20)25(35)33(11-5-2)26(31)36)17-7-9-22(29-15-17)32(12-13-37-3)24(34)18-6-8-21(27)28-16-18/h6-9,14-16,30H,4-5,10-13H2,1-3H3. The Kier molecular flexibility index (Phi) is 8.20. The Morgan fingerprint density at radius 3 is 2.43 bits per heavy atom. The third-order valence-corrected chi connectivity index (χ3v) is 6.20. The summed E-state index contributed by atoms with van der Waals surface area (Å²) < 4.78 is 8.10. The molecule has 194 valence electrons. The van der Waals surface area contributed by atoms with E-state index < -0.39 is 0 Å². The molecule has 4 aromatic rings. The van der Waals surface area contributed by atoms with E-state index in [4.69, 9.17) is 16.3 Å². The molecular formula is C26H29ClN6O4. The van der Waals surface area contributed by atoms with Crippen LogP contribution in [0.4, 0.5) is 5.82 Å². The molecule has 0 aliphatic carbocycles. The van der Waals surface area contributed by atoms with Crippen LogP contribution in [-0.4, -0.2) is 50.3 Å². The summed E-state index contributed by atoms with van der Waals surface area (Å²) in [4.78, 5) is 52.4. The van der Waals surface area contributed by atoms with Gasteiger partial charge in [-0.3, -0.25) is 23.6 Å². The Bertz CT molecular complexity index is 1510. The fourth-order valence-corrected chi connectivity index (χ4v) is 4.28. The van der Waals surface area contributed by atoms with Crippen LogP contribution in [0.5, 0.6) is 0 Å². The Morgan fingerprint density at radius 1 is 1.05 bits per heavy atom. The van der Waals surface area contributed by atoms with E-state index >= 15 is 0 Å². The number of hydrogen-bond acceptors (Lipinski definition) is 6. The highest BCUT2D eigenvalue weighted by atomic mass is 35.5. The van der Waals surface area contributed by atoms with Crippen molar-refractivity contribution in [3.8, 4) is 11.3 Å². The number of hydrogen-bond donors (Lipinski definition) is 1. The maximum Gasteiger partial charge on any atom is 0.331 e. The first kappa shape index (κ1) is 26.3. The first-order valence-corrected chi connectivity index (χ1v) is 12.5. The number of aryl methyl sites for hydroxylation is 1. The number of amides is 1. The number of halogens is 1. The van der Waals surface area contributed by atoms with Gasteiger partial charge in [-0.25, -0.2) is 14.8 Å². The molecular weight excluding hydrogens is 496 g/mol. The van der Waals surface area contributed by atoms with Gasteiger partial charge >= 0.3 is 5.69 Å². The summed E-state index contributed by atoms with van der Waals surface area (Å²) in [6.45, 7) is 5.38. The topological polar surface area (TPSA) is 115 Å². The highest BCUT2D eigenvalue weighted by Crippen LogP contribution is 2.24. The molecule has 0 bridgehead atoms.